The van der Waals surface area contributed by atoms with E-state index in [4.69, 9.17) is 0 Å². The first kappa shape index (κ1) is 18.3. The molecule has 1 aliphatic rings. The minimum Gasteiger partial charge on any atom is -0.391 e. The summed E-state index contributed by atoms with van der Waals surface area (Å²) in [7, 11) is 0. The number of benzene rings is 3. The van der Waals surface area contributed by atoms with Gasteiger partial charge in [-0.1, -0.05) is 30.3 Å². The molecule has 1 N–H and O–H groups in total. The number of rotatable bonds is 3. The van der Waals surface area contributed by atoms with Crippen LogP contribution in [0.4, 0.5) is 8.78 Å². The van der Waals surface area contributed by atoms with Crippen LogP contribution in [0, 0.1) is 11.6 Å². The fourth-order valence-electron chi connectivity index (χ4n) is 4.58. The summed E-state index contributed by atoms with van der Waals surface area (Å²) < 4.78 is 29.9. The van der Waals surface area contributed by atoms with Gasteiger partial charge in [-0.2, -0.15) is 0 Å². The van der Waals surface area contributed by atoms with Gasteiger partial charge in [-0.05, 0) is 48.4 Å². The summed E-state index contributed by atoms with van der Waals surface area (Å²) in [5.74, 6) is -0.702. The lowest BCUT2D eigenvalue weighted by Crippen LogP contribution is -2.43. The molecule has 1 fully saturated rings. The smallest absolute Gasteiger partial charge is 0.123 e. The molecule has 0 radical (unpaired) electrons. The molecule has 148 valence electrons. The highest BCUT2D eigenvalue weighted by molar-refractivity contribution is 6.08. The number of fused-ring (bicyclic) bond motifs is 3. The van der Waals surface area contributed by atoms with Crippen molar-refractivity contribution in [1.82, 2.24) is 9.47 Å². The molecular weight excluding hydrogens is 370 g/mol. The number of nitrogens with zero attached hydrogens (tertiary/aromatic N) is 2. The predicted octanol–water partition coefficient (Wildman–Crippen LogP) is 4.88. The lowest BCUT2D eigenvalue weighted by molar-refractivity contribution is 0.0330. The first-order chi connectivity index (χ1) is 14.1. The summed E-state index contributed by atoms with van der Waals surface area (Å²) >= 11 is 0. The van der Waals surface area contributed by atoms with Gasteiger partial charge in [-0.15, -0.1) is 0 Å². The summed E-state index contributed by atoms with van der Waals surface area (Å²) in [6, 6.07) is 19.3. The maximum atomic E-state index is 13.9. The summed E-state index contributed by atoms with van der Waals surface area (Å²) in [6.07, 6.45) is 0.136. The Balaban J connectivity index is 1.59. The molecule has 0 aliphatic carbocycles. The van der Waals surface area contributed by atoms with E-state index in [-0.39, 0.29) is 17.7 Å². The number of hydrogen-bond acceptors (Lipinski definition) is 2. The fourth-order valence-corrected chi connectivity index (χ4v) is 4.58. The Hall–Kier alpha value is -2.76. The third-order valence-electron chi connectivity index (χ3n) is 5.94. The molecule has 1 aromatic heterocycles. The van der Waals surface area contributed by atoms with Crippen LogP contribution in [0.2, 0.25) is 0 Å². The van der Waals surface area contributed by atoms with E-state index in [1.54, 1.807) is 12.1 Å². The quantitative estimate of drug-likeness (QED) is 0.538. The van der Waals surface area contributed by atoms with E-state index in [1.165, 1.54) is 29.8 Å². The van der Waals surface area contributed by atoms with Crippen LogP contribution in [-0.2, 0) is 6.54 Å². The van der Waals surface area contributed by atoms with Crippen LogP contribution >= 0.6 is 0 Å². The molecule has 2 atom stereocenters. The zero-order valence-corrected chi connectivity index (χ0v) is 15.9. The average Bonchev–Trinajstić information content (AvgIpc) is 3.03. The molecule has 5 heteroatoms. The van der Waals surface area contributed by atoms with Crippen molar-refractivity contribution in [3.05, 3.63) is 83.9 Å². The monoisotopic (exact) mass is 392 g/mol. The highest BCUT2D eigenvalue weighted by Crippen LogP contribution is 2.36. The summed E-state index contributed by atoms with van der Waals surface area (Å²) in [6.45, 7) is 2.29. The van der Waals surface area contributed by atoms with Crippen molar-refractivity contribution in [3.8, 4) is 0 Å². The van der Waals surface area contributed by atoms with Gasteiger partial charge in [0.25, 0.3) is 0 Å². The van der Waals surface area contributed by atoms with Crippen molar-refractivity contribution in [1.29, 1.82) is 0 Å². The lowest BCUT2D eigenvalue weighted by atomic mass is 10.0. The molecule has 0 amide bonds. The molecule has 1 aliphatic heterocycles. The minimum atomic E-state index is -0.518. The van der Waals surface area contributed by atoms with Crippen LogP contribution in [0.5, 0.6) is 0 Å². The second-order valence-electron chi connectivity index (χ2n) is 7.84. The molecule has 2 heterocycles. The second kappa shape index (κ2) is 7.25. The molecule has 0 bridgehead atoms. The van der Waals surface area contributed by atoms with Gasteiger partial charge in [-0.3, -0.25) is 4.90 Å². The van der Waals surface area contributed by atoms with Gasteiger partial charge in [0.05, 0.1) is 12.1 Å². The largest absolute Gasteiger partial charge is 0.391 e. The molecule has 3 nitrogen and oxygen atoms in total. The highest BCUT2D eigenvalue weighted by atomic mass is 19.1. The normalized spacial score (nSPS) is 20.5. The number of piperidine rings is 1. The third kappa shape index (κ3) is 3.30. The topological polar surface area (TPSA) is 28.4 Å². The Labute approximate surface area is 167 Å². The summed E-state index contributed by atoms with van der Waals surface area (Å²) in [5, 5.41) is 12.2. The van der Waals surface area contributed by atoms with Crippen LogP contribution < -0.4 is 0 Å². The van der Waals surface area contributed by atoms with Gasteiger partial charge in [0.15, 0.2) is 0 Å². The Morgan fingerprint density at radius 3 is 2.10 bits per heavy atom. The van der Waals surface area contributed by atoms with E-state index in [0.29, 0.717) is 23.7 Å². The Kier molecular flexibility index (Phi) is 4.57. The van der Waals surface area contributed by atoms with Crippen LogP contribution in [0.25, 0.3) is 21.8 Å². The van der Waals surface area contributed by atoms with Crippen LogP contribution in [0.3, 0.4) is 0 Å². The van der Waals surface area contributed by atoms with Gasteiger partial charge >= 0.3 is 0 Å². The Morgan fingerprint density at radius 1 is 0.862 bits per heavy atom. The van der Waals surface area contributed by atoms with Crippen molar-refractivity contribution >= 4 is 21.8 Å². The number of hydrogen-bond donors (Lipinski definition) is 1. The number of aliphatic hydroxyl groups is 1. The van der Waals surface area contributed by atoms with E-state index in [0.717, 1.165) is 24.1 Å². The molecule has 0 unspecified atom stereocenters. The van der Waals surface area contributed by atoms with Crippen molar-refractivity contribution in [3.63, 3.8) is 0 Å². The molecule has 0 spiro atoms. The van der Waals surface area contributed by atoms with E-state index in [9.17, 15) is 13.9 Å². The highest BCUT2D eigenvalue weighted by Gasteiger charge is 2.31. The SMILES string of the molecule is O[C@@H]1CCN(Cc2ccccc2)C[C@H]1n1c2ccc(F)cc2c2cc(F)ccc21. The molecule has 29 heavy (non-hydrogen) atoms. The average molecular weight is 392 g/mol. The van der Waals surface area contributed by atoms with Crippen LogP contribution in [-0.4, -0.2) is 33.8 Å². The fraction of sp³-hybridized carbons (Fsp3) is 0.250. The number of aromatic nitrogens is 1. The van der Waals surface area contributed by atoms with Gasteiger partial charge in [0, 0.05) is 41.4 Å². The van der Waals surface area contributed by atoms with E-state index < -0.39 is 6.10 Å². The molecular formula is C24H22F2N2O. The Morgan fingerprint density at radius 2 is 1.48 bits per heavy atom. The van der Waals surface area contributed by atoms with E-state index in [2.05, 4.69) is 21.6 Å². The maximum Gasteiger partial charge on any atom is 0.123 e. The van der Waals surface area contributed by atoms with Crippen molar-refractivity contribution in [2.75, 3.05) is 13.1 Å². The van der Waals surface area contributed by atoms with Crippen molar-refractivity contribution in [2.45, 2.75) is 25.1 Å². The second-order valence-corrected chi connectivity index (χ2v) is 7.84. The number of halogens is 2. The zero-order valence-electron chi connectivity index (χ0n) is 15.9. The molecule has 0 saturated carbocycles. The van der Waals surface area contributed by atoms with Crippen LogP contribution in [0.1, 0.15) is 18.0 Å². The third-order valence-corrected chi connectivity index (χ3v) is 5.94. The standard InChI is InChI=1S/C24H22F2N2O/c25-17-6-8-21-19(12-17)20-13-18(26)7-9-22(20)28(21)23-15-27(11-10-24(23)29)14-16-4-2-1-3-5-16/h1-9,12-13,23-24,29H,10-11,14-15H2/t23-,24-/m1/s1. The summed E-state index contributed by atoms with van der Waals surface area (Å²) in [5.41, 5.74) is 2.87. The van der Waals surface area contributed by atoms with Gasteiger partial charge in [-0.25, -0.2) is 8.78 Å². The first-order valence-electron chi connectivity index (χ1n) is 9.93. The predicted molar refractivity (Wildman–Crippen MR) is 111 cm³/mol. The molecule has 5 rings (SSSR count). The van der Waals surface area contributed by atoms with Gasteiger partial charge in [0.2, 0.25) is 0 Å². The molecule has 3 aromatic carbocycles. The lowest BCUT2D eigenvalue weighted by Gasteiger charge is -2.37. The van der Waals surface area contributed by atoms with Gasteiger partial charge in [0.1, 0.15) is 11.6 Å². The van der Waals surface area contributed by atoms with Crippen molar-refractivity contribution < 1.29 is 13.9 Å². The van der Waals surface area contributed by atoms with Crippen LogP contribution in [0.15, 0.2) is 66.7 Å². The Bertz CT molecular complexity index is 1110. The minimum absolute atomic E-state index is 0.191. The first-order valence-corrected chi connectivity index (χ1v) is 9.93. The molecule has 1 saturated heterocycles. The maximum absolute atomic E-state index is 13.9. The molecule has 4 aromatic rings. The van der Waals surface area contributed by atoms with Crippen molar-refractivity contribution in [2.24, 2.45) is 0 Å². The number of aliphatic hydroxyl groups excluding tert-OH is 1. The zero-order chi connectivity index (χ0) is 20.0. The number of likely N-dealkylation sites (tertiary alicyclic amines) is 1. The van der Waals surface area contributed by atoms with E-state index >= 15 is 0 Å². The summed E-state index contributed by atoms with van der Waals surface area (Å²) in [4.78, 5) is 2.33. The van der Waals surface area contributed by atoms with E-state index in [1.807, 2.05) is 18.2 Å². The van der Waals surface area contributed by atoms with Gasteiger partial charge < -0.3 is 9.67 Å².